The summed E-state index contributed by atoms with van der Waals surface area (Å²) >= 11 is 0. The fourth-order valence-electron chi connectivity index (χ4n) is 2.96. The second-order valence-corrected chi connectivity index (χ2v) is 6.03. The van der Waals surface area contributed by atoms with E-state index in [0.717, 1.165) is 31.9 Å². The SMILES string of the molecule is COc1cccc(CN2CCN(c3ncnc(C)c3F)CC2C)n1. The molecule has 3 rings (SSSR count). The predicted molar refractivity (Wildman–Crippen MR) is 89.6 cm³/mol. The molecule has 2 aromatic rings. The van der Waals surface area contributed by atoms with Crippen LogP contribution in [-0.4, -0.2) is 52.6 Å². The Balaban J connectivity index is 1.68. The molecule has 0 saturated carbocycles. The predicted octanol–water partition coefficient (Wildman–Crippen LogP) is 2.04. The first kappa shape index (κ1) is 16.6. The van der Waals surface area contributed by atoms with E-state index in [4.69, 9.17) is 4.74 Å². The smallest absolute Gasteiger partial charge is 0.213 e. The zero-order valence-corrected chi connectivity index (χ0v) is 14.2. The molecule has 2 aromatic heterocycles. The highest BCUT2D eigenvalue weighted by atomic mass is 19.1. The molecule has 0 spiro atoms. The zero-order valence-electron chi connectivity index (χ0n) is 14.2. The molecule has 0 aliphatic carbocycles. The van der Waals surface area contributed by atoms with Crippen molar-refractivity contribution in [3.05, 3.63) is 41.7 Å². The highest BCUT2D eigenvalue weighted by Crippen LogP contribution is 2.22. The van der Waals surface area contributed by atoms with Gasteiger partial charge in [-0.25, -0.2) is 19.3 Å². The number of piperazine rings is 1. The third-order valence-electron chi connectivity index (χ3n) is 4.37. The minimum atomic E-state index is -0.326. The van der Waals surface area contributed by atoms with Gasteiger partial charge in [0.1, 0.15) is 6.33 Å². The first-order valence-electron chi connectivity index (χ1n) is 8.04. The number of aromatic nitrogens is 3. The van der Waals surface area contributed by atoms with Crippen LogP contribution in [0.25, 0.3) is 0 Å². The van der Waals surface area contributed by atoms with Crippen molar-refractivity contribution in [2.45, 2.75) is 26.4 Å². The van der Waals surface area contributed by atoms with Crippen LogP contribution in [0.15, 0.2) is 24.5 Å². The van der Waals surface area contributed by atoms with Crippen LogP contribution >= 0.6 is 0 Å². The van der Waals surface area contributed by atoms with E-state index < -0.39 is 0 Å². The highest BCUT2D eigenvalue weighted by Gasteiger charge is 2.27. The number of methoxy groups -OCH3 is 1. The molecule has 1 fully saturated rings. The summed E-state index contributed by atoms with van der Waals surface area (Å²) in [6.07, 6.45) is 1.42. The fourth-order valence-corrected chi connectivity index (χ4v) is 2.96. The lowest BCUT2D eigenvalue weighted by molar-refractivity contribution is 0.177. The lowest BCUT2D eigenvalue weighted by Gasteiger charge is -2.40. The Labute approximate surface area is 141 Å². The van der Waals surface area contributed by atoms with E-state index in [9.17, 15) is 4.39 Å². The Bertz CT molecular complexity index is 711. The van der Waals surface area contributed by atoms with Gasteiger partial charge in [0.15, 0.2) is 11.6 Å². The molecule has 128 valence electrons. The maximum atomic E-state index is 14.2. The van der Waals surface area contributed by atoms with Crippen molar-refractivity contribution >= 4 is 5.82 Å². The van der Waals surface area contributed by atoms with Crippen LogP contribution in [0.2, 0.25) is 0 Å². The van der Waals surface area contributed by atoms with E-state index in [1.165, 1.54) is 6.33 Å². The molecule has 1 atom stereocenters. The van der Waals surface area contributed by atoms with Crippen molar-refractivity contribution in [2.75, 3.05) is 31.6 Å². The van der Waals surface area contributed by atoms with E-state index in [1.807, 2.05) is 23.1 Å². The van der Waals surface area contributed by atoms with E-state index in [-0.39, 0.29) is 11.9 Å². The van der Waals surface area contributed by atoms with Crippen LogP contribution < -0.4 is 9.64 Å². The topological polar surface area (TPSA) is 54.4 Å². The summed E-state index contributed by atoms with van der Waals surface area (Å²) in [6.45, 7) is 6.81. The van der Waals surface area contributed by atoms with Crippen molar-refractivity contribution in [3.63, 3.8) is 0 Å². The number of hydrogen-bond acceptors (Lipinski definition) is 6. The van der Waals surface area contributed by atoms with Crippen LogP contribution in [0, 0.1) is 12.7 Å². The maximum Gasteiger partial charge on any atom is 0.213 e. The molecule has 0 radical (unpaired) electrons. The average Bonchev–Trinajstić information content (AvgIpc) is 2.59. The van der Waals surface area contributed by atoms with E-state index >= 15 is 0 Å². The lowest BCUT2D eigenvalue weighted by Crippen LogP contribution is -2.52. The molecule has 0 bridgehead atoms. The molecule has 1 aliphatic rings. The summed E-state index contributed by atoms with van der Waals surface area (Å²) < 4.78 is 19.4. The number of aryl methyl sites for hydroxylation is 1. The van der Waals surface area contributed by atoms with Crippen molar-refractivity contribution < 1.29 is 9.13 Å². The van der Waals surface area contributed by atoms with Gasteiger partial charge < -0.3 is 9.64 Å². The van der Waals surface area contributed by atoms with Crippen LogP contribution in [-0.2, 0) is 6.54 Å². The van der Waals surface area contributed by atoms with E-state index in [2.05, 4.69) is 26.8 Å². The molecule has 0 amide bonds. The Kier molecular flexibility index (Phi) is 4.89. The van der Waals surface area contributed by atoms with Gasteiger partial charge in [-0.1, -0.05) is 6.07 Å². The second kappa shape index (κ2) is 7.09. The molecular weight excluding hydrogens is 309 g/mol. The van der Waals surface area contributed by atoms with Gasteiger partial charge in [0.2, 0.25) is 5.88 Å². The molecule has 1 saturated heterocycles. The van der Waals surface area contributed by atoms with Gasteiger partial charge >= 0.3 is 0 Å². The van der Waals surface area contributed by atoms with Gasteiger partial charge in [-0.2, -0.15) is 0 Å². The van der Waals surface area contributed by atoms with Crippen molar-refractivity contribution in [1.82, 2.24) is 19.9 Å². The summed E-state index contributed by atoms with van der Waals surface area (Å²) in [5, 5.41) is 0. The zero-order chi connectivity index (χ0) is 17.1. The van der Waals surface area contributed by atoms with Gasteiger partial charge in [-0.3, -0.25) is 4.90 Å². The van der Waals surface area contributed by atoms with Crippen molar-refractivity contribution in [1.29, 1.82) is 0 Å². The first-order valence-corrected chi connectivity index (χ1v) is 8.04. The number of ether oxygens (including phenoxy) is 1. The highest BCUT2D eigenvalue weighted by molar-refractivity contribution is 5.41. The van der Waals surface area contributed by atoms with Crippen molar-refractivity contribution in [3.8, 4) is 5.88 Å². The molecule has 1 aliphatic heterocycles. The quantitative estimate of drug-likeness (QED) is 0.855. The van der Waals surface area contributed by atoms with E-state index in [0.29, 0.717) is 17.4 Å². The molecule has 0 aromatic carbocycles. The lowest BCUT2D eigenvalue weighted by atomic mass is 10.1. The Hall–Kier alpha value is -2.28. The Morgan fingerprint density at radius 2 is 2.12 bits per heavy atom. The fraction of sp³-hybridized carbons (Fsp3) is 0.471. The number of rotatable bonds is 4. The Morgan fingerprint density at radius 1 is 1.29 bits per heavy atom. The summed E-state index contributed by atoms with van der Waals surface area (Å²) in [6, 6.07) is 6.04. The van der Waals surface area contributed by atoms with Crippen LogP contribution in [0.4, 0.5) is 10.2 Å². The van der Waals surface area contributed by atoms with Gasteiger partial charge in [0.05, 0.1) is 18.5 Å². The monoisotopic (exact) mass is 331 g/mol. The minimum Gasteiger partial charge on any atom is -0.481 e. The Morgan fingerprint density at radius 3 is 2.88 bits per heavy atom. The summed E-state index contributed by atoms with van der Waals surface area (Å²) in [7, 11) is 1.62. The standard InChI is InChI=1S/C17H22FN5O/c1-12-9-23(17-16(18)13(2)19-11-20-17)8-7-22(12)10-14-5-4-6-15(21-14)24-3/h4-6,11-12H,7-10H2,1-3H3. The second-order valence-electron chi connectivity index (χ2n) is 6.03. The number of anilines is 1. The summed E-state index contributed by atoms with van der Waals surface area (Å²) in [5.41, 5.74) is 1.36. The molecular formula is C17H22FN5O. The molecule has 7 heteroatoms. The van der Waals surface area contributed by atoms with Crippen molar-refractivity contribution in [2.24, 2.45) is 0 Å². The number of pyridine rings is 1. The van der Waals surface area contributed by atoms with Gasteiger partial charge in [0.25, 0.3) is 0 Å². The van der Waals surface area contributed by atoms with Crippen LogP contribution in [0.3, 0.4) is 0 Å². The van der Waals surface area contributed by atoms with Crippen LogP contribution in [0.5, 0.6) is 5.88 Å². The normalized spacial score (nSPS) is 18.7. The maximum absolute atomic E-state index is 14.2. The molecule has 1 unspecified atom stereocenters. The average molecular weight is 331 g/mol. The van der Waals surface area contributed by atoms with Gasteiger partial charge in [-0.15, -0.1) is 0 Å². The third-order valence-corrected chi connectivity index (χ3v) is 4.37. The number of halogens is 1. The summed E-state index contributed by atoms with van der Waals surface area (Å²) in [5.74, 6) is 0.693. The largest absolute Gasteiger partial charge is 0.481 e. The number of nitrogens with zero attached hydrogens (tertiary/aromatic N) is 5. The molecule has 6 nitrogen and oxygen atoms in total. The molecule has 24 heavy (non-hydrogen) atoms. The first-order chi connectivity index (χ1) is 11.6. The summed E-state index contributed by atoms with van der Waals surface area (Å²) in [4.78, 5) is 16.8. The van der Waals surface area contributed by atoms with Gasteiger partial charge in [-0.05, 0) is 19.9 Å². The number of hydrogen-bond donors (Lipinski definition) is 0. The van der Waals surface area contributed by atoms with E-state index in [1.54, 1.807) is 14.0 Å². The minimum absolute atomic E-state index is 0.265. The third kappa shape index (κ3) is 3.46. The molecule has 0 N–H and O–H groups in total. The molecule has 3 heterocycles. The van der Waals surface area contributed by atoms with Gasteiger partial charge in [0, 0.05) is 38.3 Å². The van der Waals surface area contributed by atoms with Crippen LogP contribution in [0.1, 0.15) is 18.3 Å².